The van der Waals surface area contributed by atoms with Crippen LogP contribution in [-0.4, -0.2) is 30.8 Å². The van der Waals surface area contributed by atoms with Crippen LogP contribution in [0.15, 0.2) is 70.2 Å². The first-order chi connectivity index (χ1) is 19.1. The molecule has 202 valence electrons. The van der Waals surface area contributed by atoms with Gasteiger partial charge in [0.1, 0.15) is 39.2 Å². The second-order valence-electron chi connectivity index (χ2n) is 8.09. The van der Waals surface area contributed by atoms with Crippen LogP contribution < -0.4 is 0 Å². The third kappa shape index (κ3) is 5.63. The summed E-state index contributed by atoms with van der Waals surface area (Å²) in [5, 5.41) is 11.2. The van der Waals surface area contributed by atoms with Crippen molar-refractivity contribution in [3.63, 3.8) is 0 Å². The molecule has 4 aromatic heterocycles. The lowest BCUT2D eigenvalue weighted by Gasteiger charge is -2.12. The molecule has 0 aliphatic rings. The smallest absolute Gasteiger partial charge is 0.223 e. The van der Waals surface area contributed by atoms with Gasteiger partial charge in [0.15, 0.2) is 0 Å². The Morgan fingerprint density at radius 2 is 1.32 bits per heavy atom. The second kappa shape index (κ2) is 11.4. The van der Waals surface area contributed by atoms with Crippen LogP contribution in [0.1, 0.15) is 33.2 Å². The summed E-state index contributed by atoms with van der Waals surface area (Å²) >= 11 is 23.0. The summed E-state index contributed by atoms with van der Waals surface area (Å²) in [5.41, 5.74) is 1.21. The molecule has 40 heavy (non-hydrogen) atoms. The van der Waals surface area contributed by atoms with Crippen LogP contribution in [-0.2, 0) is 0 Å². The van der Waals surface area contributed by atoms with Gasteiger partial charge in [-0.3, -0.25) is 4.79 Å². The molecule has 0 fully saturated rings. The number of aliphatic hydroxyl groups is 1. The monoisotopic (exact) mass is 622 g/mol. The number of hydrogen-bond acceptors (Lipinski definition) is 8. The van der Waals surface area contributed by atoms with E-state index in [2.05, 4.69) is 19.9 Å². The largest absolute Gasteiger partial charge is 0.464 e. The van der Waals surface area contributed by atoms with Gasteiger partial charge in [0.2, 0.25) is 16.4 Å². The van der Waals surface area contributed by atoms with E-state index in [1.807, 2.05) is 0 Å². The van der Waals surface area contributed by atoms with E-state index in [0.29, 0.717) is 16.4 Å². The summed E-state index contributed by atoms with van der Waals surface area (Å²) in [6, 6.07) is 8.02. The zero-order valence-corrected chi connectivity index (χ0v) is 22.6. The minimum absolute atomic E-state index is 0.00136. The number of benzene rings is 2. The average Bonchev–Trinajstić information content (AvgIpc) is 3.57. The Hall–Kier alpha value is -3.67. The summed E-state index contributed by atoms with van der Waals surface area (Å²) < 4.78 is 37.6. The Morgan fingerprint density at radius 3 is 1.98 bits per heavy atom. The third-order valence-electron chi connectivity index (χ3n) is 5.59. The number of hydrogen-bond donors (Lipinski definition) is 1. The maximum absolute atomic E-state index is 13.6. The molecule has 4 heterocycles. The van der Waals surface area contributed by atoms with E-state index < -0.39 is 23.5 Å². The zero-order chi connectivity index (χ0) is 28.6. The molecule has 0 saturated carbocycles. The number of aliphatic hydroxyl groups excluding tert-OH is 1. The molecular formula is C26H12Cl4F2N4O4. The normalized spacial score (nSPS) is 11.9. The average molecular weight is 624 g/mol. The number of ketones is 1. The van der Waals surface area contributed by atoms with Crippen molar-refractivity contribution in [1.29, 1.82) is 0 Å². The van der Waals surface area contributed by atoms with Gasteiger partial charge >= 0.3 is 0 Å². The van der Waals surface area contributed by atoms with Gasteiger partial charge in [-0.2, -0.15) is 0 Å². The Labute approximate surface area is 243 Å². The van der Waals surface area contributed by atoms with Gasteiger partial charge in [-0.15, -0.1) is 0 Å². The standard InChI is InChI=1S/C13H7Cl2FN2O2.C13H5Cl2FN2O2/c2*14-12-9(5-17-13(15)18-12)10(19)8-4-7(16)3-6-1-2-20-11(6)8/h1-5,10,19H;1-5H. The maximum Gasteiger partial charge on any atom is 0.223 e. The number of rotatable bonds is 4. The van der Waals surface area contributed by atoms with Crippen molar-refractivity contribution in [2.75, 3.05) is 0 Å². The van der Waals surface area contributed by atoms with Crippen molar-refractivity contribution >= 4 is 74.1 Å². The summed E-state index contributed by atoms with van der Waals surface area (Å²) in [5.74, 6) is -1.57. The van der Waals surface area contributed by atoms with Gasteiger partial charge in [0.05, 0.1) is 23.7 Å². The van der Waals surface area contributed by atoms with E-state index in [9.17, 15) is 18.7 Å². The van der Waals surface area contributed by atoms with E-state index in [0.717, 1.165) is 6.07 Å². The van der Waals surface area contributed by atoms with Crippen molar-refractivity contribution in [2.24, 2.45) is 0 Å². The molecule has 14 heteroatoms. The van der Waals surface area contributed by atoms with Crippen LogP contribution in [0.4, 0.5) is 8.78 Å². The molecule has 1 unspecified atom stereocenters. The first kappa shape index (κ1) is 27.9. The second-order valence-corrected chi connectivity index (χ2v) is 9.48. The fourth-order valence-electron chi connectivity index (χ4n) is 3.83. The van der Waals surface area contributed by atoms with E-state index in [4.69, 9.17) is 55.2 Å². The SMILES string of the molecule is O=C(c1cnc(Cl)nc1Cl)c1cc(F)cc2ccoc12.OC(c1cnc(Cl)nc1Cl)c1cc(F)cc2ccoc12. The molecule has 1 atom stereocenters. The number of furan rings is 2. The van der Waals surface area contributed by atoms with Crippen LogP contribution in [0.2, 0.25) is 20.9 Å². The molecule has 0 amide bonds. The Morgan fingerprint density at radius 1 is 0.750 bits per heavy atom. The van der Waals surface area contributed by atoms with E-state index in [1.165, 1.54) is 43.1 Å². The van der Waals surface area contributed by atoms with Crippen molar-refractivity contribution in [3.8, 4) is 0 Å². The number of halogens is 6. The van der Waals surface area contributed by atoms with Gasteiger partial charge in [0, 0.05) is 34.3 Å². The van der Waals surface area contributed by atoms with E-state index in [1.54, 1.807) is 12.1 Å². The Bertz CT molecular complexity index is 1900. The highest BCUT2D eigenvalue weighted by molar-refractivity contribution is 6.35. The molecule has 0 radical (unpaired) electrons. The molecule has 0 saturated heterocycles. The maximum atomic E-state index is 13.6. The van der Waals surface area contributed by atoms with Crippen molar-refractivity contribution < 1.29 is 27.5 Å². The van der Waals surface area contributed by atoms with Crippen LogP contribution >= 0.6 is 46.4 Å². The summed E-state index contributed by atoms with van der Waals surface area (Å²) in [6.07, 6.45) is 4.06. The molecule has 1 N–H and O–H groups in total. The van der Waals surface area contributed by atoms with Gasteiger partial charge in [-0.25, -0.2) is 28.7 Å². The fraction of sp³-hybridized carbons (Fsp3) is 0.0385. The number of fused-ring (bicyclic) bond motifs is 2. The van der Waals surface area contributed by atoms with E-state index >= 15 is 0 Å². The molecule has 6 aromatic rings. The Kier molecular flexibility index (Phi) is 7.97. The molecule has 0 aliphatic heterocycles. The molecule has 6 rings (SSSR count). The number of carbonyl (C=O) groups is 1. The first-order valence-corrected chi connectivity index (χ1v) is 12.6. The van der Waals surface area contributed by atoms with Crippen LogP contribution in [0.25, 0.3) is 21.9 Å². The number of nitrogens with zero attached hydrogens (tertiary/aromatic N) is 4. The summed E-state index contributed by atoms with van der Waals surface area (Å²) in [4.78, 5) is 27.3. The molecule has 0 aliphatic carbocycles. The molecule has 0 bridgehead atoms. The summed E-state index contributed by atoms with van der Waals surface area (Å²) in [7, 11) is 0. The van der Waals surface area contributed by atoms with E-state index in [-0.39, 0.29) is 48.7 Å². The lowest BCUT2D eigenvalue weighted by Crippen LogP contribution is -2.05. The van der Waals surface area contributed by atoms with Gasteiger partial charge in [-0.1, -0.05) is 23.2 Å². The predicted octanol–water partition coefficient (Wildman–Crippen LogP) is 7.65. The molecule has 8 nitrogen and oxygen atoms in total. The lowest BCUT2D eigenvalue weighted by molar-refractivity contribution is 0.103. The minimum Gasteiger partial charge on any atom is -0.464 e. The van der Waals surface area contributed by atoms with Crippen molar-refractivity contribution in [3.05, 3.63) is 116 Å². The Balaban J connectivity index is 0.000000161. The molecule has 0 spiro atoms. The van der Waals surface area contributed by atoms with Crippen molar-refractivity contribution in [2.45, 2.75) is 6.10 Å². The van der Waals surface area contributed by atoms with Crippen LogP contribution in [0.3, 0.4) is 0 Å². The zero-order valence-electron chi connectivity index (χ0n) is 19.6. The lowest BCUT2D eigenvalue weighted by atomic mass is 10.0. The highest BCUT2D eigenvalue weighted by atomic mass is 35.5. The van der Waals surface area contributed by atoms with Gasteiger partial charge < -0.3 is 13.9 Å². The molecule has 2 aromatic carbocycles. The third-order valence-corrected chi connectivity index (χ3v) is 6.55. The highest BCUT2D eigenvalue weighted by Crippen LogP contribution is 2.33. The predicted molar refractivity (Wildman–Crippen MR) is 144 cm³/mol. The fourth-order valence-corrected chi connectivity index (χ4v) is 4.63. The van der Waals surface area contributed by atoms with Gasteiger partial charge in [-0.05, 0) is 59.6 Å². The summed E-state index contributed by atoms with van der Waals surface area (Å²) in [6.45, 7) is 0. The first-order valence-electron chi connectivity index (χ1n) is 11.0. The topological polar surface area (TPSA) is 115 Å². The van der Waals surface area contributed by atoms with Gasteiger partial charge in [0.25, 0.3) is 0 Å². The minimum atomic E-state index is -1.22. The van der Waals surface area contributed by atoms with Crippen molar-refractivity contribution in [1.82, 2.24) is 19.9 Å². The number of carbonyl (C=O) groups excluding carboxylic acids is 1. The molecular weight excluding hydrogens is 612 g/mol. The highest BCUT2D eigenvalue weighted by Gasteiger charge is 2.22. The van der Waals surface area contributed by atoms with Crippen LogP contribution in [0.5, 0.6) is 0 Å². The quantitative estimate of drug-likeness (QED) is 0.121. The number of aromatic nitrogens is 4. The van der Waals surface area contributed by atoms with Crippen LogP contribution in [0, 0.1) is 11.6 Å².